The van der Waals surface area contributed by atoms with Crippen LogP contribution in [-0.4, -0.2) is 75.9 Å². The van der Waals surface area contributed by atoms with Gasteiger partial charge in [0.05, 0.1) is 0 Å². The molecule has 194 valence electrons. The van der Waals surface area contributed by atoms with E-state index >= 15 is 0 Å². The van der Waals surface area contributed by atoms with Gasteiger partial charge in [-0.15, -0.1) is 0 Å². The molecule has 1 aliphatic heterocycles. The van der Waals surface area contributed by atoms with Crippen molar-refractivity contribution in [3.8, 4) is 0 Å². The number of piperidine rings is 1. The van der Waals surface area contributed by atoms with E-state index in [1.807, 2.05) is 18.2 Å². The van der Waals surface area contributed by atoms with E-state index in [1.165, 1.54) is 15.1 Å². The second-order valence-electron chi connectivity index (χ2n) is 8.47. The molecule has 0 radical (unpaired) electrons. The number of carbonyl (C=O) groups is 3. The van der Waals surface area contributed by atoms with Gasteiger partial charge in [0.25, 0.3) is 5.91 Å². The molecule has 2 amide bonds. The third kappa shape index (κ3) is 6.84. The Bertz CT molecular complexity index is 1230. The number of aliphatic carboxylic acids is 1. The van der Waals surface area contributed by atoms with Gasteiger partial charge >= 0.3 is 12.1 Å². The van der Waals surface area contributed by atoms with E-state index < -0.39 is 12.1 Å². The van der Waals surface area contributed by atoms with Gasteiger partial charge in [-0.1, -0.05) is 0 Å². The number of alkyl halides is 3. The molecule has 0 bridgehead atoms. The quantitative estimate of drug-likeness (QED) is 0.419. The first-order valence-electron chi connectivity index (χ1n) is 11.1. The van der Waals surface area contributed by atoms with Crippen molar-refractivity contribution < 1.29 is 32.7 Å². The number of carboxylic acids is 1. The van der Waals surface area contributed by atoms with Crippen LogP contribution in [0.15, 0.2) is 36.7 Å². The van der Waals surface area contributed by atoms with Crippen molar-refractivity contribution in [1.29, 1.82) is 0 Å². The second kappa shape index (κ2) is 11.2. The third-order valence-electron chi connectivity index (χ3n) is 5.68. The molecule has 4 rings (SSSR count). The second-order valence-corrected chi connectivity index (χ2v) is 8.47. The smallest absolute Gasteiger partial charge is 0.475 e. The minimum absolute atomic E-state index is 0.0608. The van der Waals surface area contributed by atoms with Crippen molar-refractivity contribution in [1.82, 2.24) is 25.0 Å². The van der Waals surface area contributed by atoms with Gasteiger partial charge in [0, 0.05) is 49.0 Å². The van der Waals surface area contributed by atoms with Crippen molar-refractivity contribution in [3.05, 3.63) is 47.8 Å². The van der Waals surface area contributed by atoms with Gasteiger partial charge in [0.1, 0.15) is 6.54 Å². The van der Waals surface area contributed by atoms with Crippen molar-refractivity contribution in [3.63, 3.8) is 0 Å². The average Bonchev–Trinajstić information content (AvgIpc) is 3.45. The Morgan fingerprint density at radius 2 is 1.86 bits per heavy atom. The topological polar surface area (TPSA) is 132 Å². The SMILES string of the molecule is CN(C)C(=O)Cn1ccc(NC(=O)c2ccc3[nH]cc(C4CCNCC4)c3c2)n1.O=C(O)C(F)(F)F. The number of amides is 2. The molecular formula is C23H27F3N6O4. The Kier molecular flexibility index (Phi) is 8.35. The molecule has 1 aliphatic rings. The number of nitrogens with one attached hydrogen (secondary N) is 3. The van der Waals surface area contributed by atoms with Gasteiger partial charge in [-0.3, -0.25) is 14.3 Å². The van der Waals surface area contributed by atoms with Crippen LogP contribution in [-0.2, 0) is 16.1 Å². The summed E-state index contributed by atoms with van der Waals surface area (Å²) in [6.07, 6.45) is 0.881. The van der Waals surface area contributed by atoms with Crippen molar-refractivity contribution >= 4 is 34.5 Å². The summed E-state index contributed by atoms with van der Waals surface area (Å²) in [5.74, 6) is -2.10. The van der Waals surface area contributed by atoms with E-state index in [-0.39, 0.29) is 18.4 Å². The molecule has 3 heterocycles. The lowest BCUT2D eigenvalue weighted by Gasteiger charge is -2.22. The van der Waals surface area contributed by atoms with Crippen LogP contribution in [0, 0.1) is 0 Å². The summed E-state index contributed by atoms with van der Waals surface area (Å²) >= 11 is 0. The van der Waals surface area contributed by atoms with Crippen LogP contribution >= 0.6 is 0 Å². The minimum Gasteiger partial charge on any atom is -0.475 e. The van der Waals surface area contributed by atoms with E-state index in [0.717, 1.165) is 36.8 Å². The van der Waals surface area contributed by atoms with E-state index in [4.69, 9.17) is 9.90 Å². The van der Waals surface area contributed by atoms with Crippen LogP contribution in [0.3, 0.4) is 0 Å². The molecule has 13 heteroatoms. The van der Waals surface area contributed by atoms with Crippen molar-refractivity contribution in [2.75, 3.05) is 32.5 Å². The Hall–Kier alpha value is -3.87. The van der Waals surface area contributed by atoms with Gasteiger partial charge < -0.3 is 25.6 Å². The fourth-order valence-corrected chi connectivity index (χ4v) is 3.74. The zero-order valence-electron chi connectivity index (χ0n) is 19.7. The number of likely N-dealkylation sites (N-methyl/N-ethyl adjacent to an activating group) is 1. The molecule has 4 N–H and O–H groups in total. The maximum absolute atomic E-state index is 12.8. The Balaban J connectivity index is 0.000000454. The fourth-order valence-electron chi connectivity index (χ4n) is 3.74. The minimum atomic E-state index is -5.08. The van der Waals surface area contributed by atoms with E-state index in [2.05, 4.69) is 26.9 Å². The maximum Gasteiger partial charge on any atom is 0.490 e. The summed E-state index contributed by atoms with van der Waals surface area (Å²) in [6.45, 7) is 2.19. The number of H-pyrrole nitrogens is 1. The first-order valence-corrected chi connectivity index (χ1v) is 11.1. The molecular weight excluding hydrogens is 481 g/mol. The molecule has 0 saturated carbocycles. The standard InChI is InChI=1S/C21H26N6O2.C2HF3O2/c1-26(2)20(28)13-27-10-7-19(25-27)24-21(29)15-3-4-18-16(11-15)17(12-23-18)14-5-8-22-9-6-14;3-2(4,5)1(6)7/h3-4,7,10-12,14,22-23H,5-6,8-9,13H2,1-2H3,(H,24,25,29);(H,6,7). The Morgan fingerprint density at radius 3 is 2.47 bits per heavy atom. The molecule has 0 atom stereocenters. The molecule has 1 aromatic carbocycles. The molecule has 2 aromatic heterocycles. The lowest BCUT2D eigenvalue weighted by molar-refractivity contribution is -0.192. The largest absolute Gasteiger partial charge is 0.490 e. The zero-order valence-corrected chi connectivity index (χ0v) is 19.7. The molecule has 0 aliphatic carbocycles. The number of hydrogen-bond donors (Lipinski definition) is 4. The number of carbonyl (C=O) groups excluding carboxylic acids is 2. The maximum atomic E-state index is 12.8. The number of anilines is 1. The number of nitrogens with zero attached hydrogens (tertiary/aromatic N) is 3. The van der Waals surface area contributed by atoms with Crippen LogP contribution in [0.4, 0.5) is 19.0 Å². The number of halogens is 3. The zero-order chi connectivity index (χ0) is 26.5. The lowest BCUT2D eigenvalue weighted by Crippen LogP contribution is -2.26. The monoisotopic (exact) mass is 508 g/mol. The Morgan fingerprint density at radius 1 is 1.19 bits per heavy atom. The first-order chi connectivity index (χ1) is 17.0. The summed E-state index contributed by atoms with van der Waals surface area (Å²) < 4.78 is 33.3. The van der Waals surface area contributed by atoms with Crippen LogP contribution in [0.1, 0.15) is 34.7 Å². The highest BCUT2D eigenvalue weighted by Crippen LogP contribution is 2.32. The summed E-state index contributed by atoms with van der Waals surface area (Å²) in [4.78, 5) is 38.3. The molecule has 36 heavy (non-hydrogen) atoms. The van der Waals surface area contributed by atoms with Gasteiger partial charge in [0.2, 0.25) is 5.91 Å². The predicted octanol–water partition coefficient (Wildman–Crippen LogP) is 2.81. The highest BCUT2D eigenvalue weighted by atomic mass is 19.4. The van der Waals surface area contributed by atoms with Gasteiger partial charge in [0.15, 0.2) is 5.82 Å². The number of aromatic nitrogens is 3. The van der Waals surface area contributed by atoms with E-state index in [9.17, 15) is 22.8 Å². The van der Waals surface area contributed by atoms with Gasteiger partial charge in [-0.05, 0) is 55.6 Å². The predicted molar refractivity (Wildman–Crippen MR) is 126 cm³/mol. The van der Waals surface area contributed by atoms with E-state index in [1.54, 1.807) is 26.4 Å². The van der Waals surface area contributed by atoms with Gasteiger partial charge in [-0.25, -0.2) is 4.79 Å². The van der Waals surface area contributed by atoms with Crippen molar-refractivity contribution in [2.45, 2.75) is 31.5 Å². The number of hydrogen-bond acceptors (Lipinski definition) is 5. The molecule has 10 nitrogen and oxygen atoms in total. The van der Waals surface area contributed by atoms with Crippen molar-refractivity contribution in [2.24, 2.45) is 0 Å². The normalized spacial score (nSPS) is 14.1. The highest BCUT2D eigenvalue weighted by molar-refractivity contribution is 6.06. The highest BCUT2D eigenvalue weighted by Gasteiger charge is 2.38. The first kappa shape index (κ1) is 26.7. The number of carboxylic acid groups (broad SMARTS) is 1. The number of rotatable bonds is 5. The summed E-state index contributed by atoms with van der Waals surface area (Å²) in [7, 11) is 3.40. The molecule has 3 aromatic rings. The van der Waals surface area contributed by atoms with E-state index in [0.29, 0.717) is 17.3 Å². The van der Waals surface area contributed by atoms with Crippen LogP contribution < -0.4 is 10.6 Å². The fraction of sp³-hybridized carbons (Fsp3) is 0.391. The average molecular weight is 509 g/mol. The molecule has 1 fully saturated rings. The molecule has 0 unspecified atom stereocenters. The summed E-state index contributed by atoms with van der Waals surface area (Å²) in [5, 5.41) is 18.7. The summed E-state index contributed by atoms with van der Waals surface area (Å²) in [6, 6.07) is 7.40. The lowest BCUT2D eigenvalue weighted by atomic mass is 9.89. The summed E-state index contributed by atoms with van der Waals surface area (Å²) in [5.41, 5.74) is 2.91. The molecule has 1 saturated heterocycles. The number of aromatic amines is 1. The third-order valence-corrected chi connectivity index (χ3v) is 5.68. The number of fused-ring (bicyclic) bond motifs is 1. The van der Waals surface area contributed by atoms with Crippen LogP contribution in [0.5, 0.6) is 0 Å². The number of benzene rings is 1. The van der Waals surface area contributed by atoms with Crippen LogP contribution in [0.2, 0.25) is 0 Å². The Labute approximate surface area is 204 Å². The molecule has 0 spiro atoms. The van der Waals surface area contributed by atoms with Gasteiger partial charge in [-0.2, -0.15) is 18.3 Å². The van der Waals surface area contributed by atoms with Crippen LogP contribution in [0.25, 0.3) is 10.9 Å².